The van der Waals surface area contributed by atoms with E-state index in [0.29, 0.717) is 13.0 Å². The Morgan fingerprint density at radius 2 is 2.28 bits per heavy atom. The number of nitrogens with zero attached hydrogens (tertiary/aromatic N) is 1. The van der Waals surface area contributed by atoms with Crippen molar-refractivity contribution in [2.24, 2.45) is 0 Å². The molecule has 0 fully saturated rings. The molecule has 0 aromatic heterocycles. The highest BCUT2D eigenvalue weighted by Gasteiger charge is 2.23. The highest BCUT2D eigenvalue weighted by atomic mass is 35.5. The molecule has 18 heavy (non-hydrogen) atoms. The van der Waals surface area contributed by atoms with E-state index in [4.69, 9.17) is 11.6 Å². The van der Waals surface area contributed by atoms with Gasteiger partial charge in [-0.1, -0.05) is 12.1 Å². The molecular weight excluding hydrogens is 252 g/mol. The number of carbonyl (C=O) groups is 2. The maximum absolute atomic E-state index is 11.5. The molecule has 0 atom stereocenters. The normalized spacial score (nSPS) is 13.7. The minimum Gasteiger partial charge on any atom is -0.355 e. The fourth-order valence-electron chi connectivity index (χ4n) is 2.07. The Balaban J connectivity index is 1.98. The first kappa shape index (κ1) is 12.9. The molecule has 0 spiro atoms. The number of carbonyl (C=O) groups excluding carboxylic acids is 2. The maximum Gasteiger partial charge on any atom is 0.234 e. The first-order valence-electron chi connectivity index (χ1n) is 5.83. The summed E-state index contributed by atoms with van der Waals surface area (Å²) in [7, 11) is 1.79. The molecule has 2 rings (SSSR count). The number of benzene rings is 1. The lowest BCUT2D eigenvalue weighted by Crippen LogP contribution is -2.26. The van der Waals surface area contributed by atoms with Gasteiger partial charge in [-0.25, -0.2) is 0 Å². The van der Waals surface area contributed by atoms with Crippen LogP contribution in [0.3, 0.4) is 0 Å². The van der Waals surface area contributed by atoms with E-state index in [1.165, 1.54) is 0 Å². The summed E-state index contributed by atoms with van der Waals surface area (Å²) in [5.74, 6) is -0.0472. The summed E-state index contributed by atoms with van der Waals surface area (Å²) < 4.78 is 0. The molecule has 1 N–H and O–H groups in total. The van der Waals surface area contributed by atoms with Gasteiger partial charge < -0.3 is 10.2 Å². The number of halogens is 1. The SMILES string of the molecule is CN1C(=O)Cc2cc(CCNC(=O)CCl)ccc21. The second-order valence-electron chi connectivity index (χ2n) is 4.33. The molecule has 0 saturated heterocycles. The van der Waals surface area contributed by atoms with Crippen molar-refractivity contribution in [3.8, 4) is 0 Å². The largest absolute Gasteiger partial charge is 0.355 e. The smallest absolute Gasteiger partial charge is 0.234 e. The summed E-state index contributed by atoms with van der Waals surface area (Å²) in [5.41, 5.74) is 3.16. The van der Waals surface area contributed by atoms with Crippen LogP contribution < -0.4 is 10.2 Å². The minimum atomic E-state index is -0.160. The number of nitrogens with one attached hydrogen (secondary N) is 1. The van der Waals surface area contributed by atoms with Crippen LogP contribution in [0.2, 0.25) is 0 Å². The molecule has 1 aromatic rings. The predicted molar refractivity (Wildman–Crippen MR) is 71.0 cm³/mol. The van der Waals surface area contributed by atoms with E-state index in [1.807, 2.05) is 18.2 Å². The quantitative estimate of drug-likeness (QED) is 0.830. The lowest BCUT2D eigenvalue weighted by Gasteiger charge is -2.10. The molecule has 1 aromatic carbocycles. The van der Waals surface area contributed by atoms with Crippen LogP contribution >= 0.6 is 11.6 Å². The Morgan fingerprint density at radius 1 is 1.50 bits per heavy atom. The van der Waals surface area contributed by atoms with Gasteiger partial charge in [0.05, 0.1) is 6.42 Å². The van der Waals surface area contributed by atoms with Crippen LogP contribution in [0, 0.1) is 0 Å². The zero-order valence-electron chi connectivity index (χ0n) is 10.2. The molecule has 2 amide bonds. The van der Waals surface area contributed by atoms with E-state index in [0.717, 1.165) is 23.2 Å². The van der Waals surface area contributed by atoms with Crippen molar-refractivity contribution >= 4 is 29.1 Å². The molecule has 0 aliphatic carbocycles. The van der Waals surface area contributed by atoms with E-state index in [9.17, 15) is 9.59 Å². The van der Waals surface area contributed by atoms with Crippen molar-refractivity contribution in [2.75, 3.05) is 24.4 Å². The number of rotatable bonds is 4. The third-order valence-corrected chi connectivity index (χ3v) is 3.32. The molecule has 1 heterocycles. The summed E-state index contributed by atoms with van der Waals surface area (Å²) in [4.78, 5) is 24.2. The first-order valence-corrected chi connectivity index (χ1v) is 6.36. The number of hydrogen-bond acceptors (Lipinski definition) is 2. The van der Waals surface area contributed by atoms with Gasteiger partial charge in [-0.05, 0) is 23.6 Å². The van der Waals surface area contributed by atoms with E-state index in [-0.39, 0.29) is 17.7 Å². The summed E-state index contributed by atoms with van der Waals surface area (Å²) in [6, 6.07) is 5.98. The topological polar surface area (TPSA) is 49.4 Å². The van der Waals surface area contributed by atoms with E-state index >= 15 is 0 Å². The average molecular weight is 267 g/mol. The third-order valence-electron chi connectivity index (χ3n) is 3.08. The Labute approximate surface area is 111 Å². The Morgan fingerprint density at radius 3 is 3.00 bits per heavy atom. The average Bonchev–Trinajstić information content (AvgIpc) is 2.64. The van der Waals surface area contributed by atoms with E-state index in [1.54, 1.807) is 11.9 Å². The molecule has 1 aliphatic rings. The molecule has 96 valence electrons. The predicted octanol–water partition coefficient (Wildman–Crippen LogP) is 1.10. The van der Waals surface area contributed by atoms with Crippen LogP contribution in [0.25, 0.3) is 0 Å². The number of fused-ring (bicyclic) bond motifs is 1. The monoisotopic (exact) mass is 266 g/mol. The Hall–Kier alpha value is -1.55. The molecule has 0 saturated carbocycles. The lowest BCUT2D eigenvalue weighted by molar-refractivity contribution is -0.118. The summed E-state index contributed by atoms with van der Waals surface area (Å²) >= 11 is 5.39. The van der Waals surface area contributed by atoms with E-state index in [2.05, 4.69) is 5.32 Å². The highest BCUT2D eigenvalue weighted by Crippen LogP contribution is 2.28. The van der Waals surface area contributed by atoms with Gasteiger partial charge in [-0.2, -0.15) is 0 Å². The van der Waals surface area contributed by atoms with Crippen molar-refractivity contribution in [3.63, 3.8) is 0 Å². The van der Waals surface area contributed by atoms with Crippen LogP contribution in [-0.2, 0) is 22.4 Å². The van der Waals surface area contributed by atoms with Gasteiger partial charge >= 0.3 is 0 Å². The van der Waals surface area contributed by atoms with Crippen LogP contribution in [0.4, 0.5) is 5.69 Å². The van der Waals surface area contributed by atoms with Gasteiger partial charge in [0, 0.05) is 19.3 Å². The Kier molecular flexibility index (Phi) is 3.87. The molecule has 5 heteroatoms. The van der Waals surface area contributed by atoms with Crippen molar-refractivity contribution in [1.82, 2.24) is 5.32 Å². The lowest BCUT2D eigenvalue weighted by atomic mass is 10.1. The van der Waals surface area contributed by atoms with Crippen molar-refractivity contribution in [2.45, 2.75) is 12.8 Å². The molecule has 0 unspecified atom stereocenters. The maximum atomic E-state index is 11.5. The van der Waals surface area contributed by atoms with E-state index < -0.39 is 0 Å². The van der Waals surface area contributed by atoms with Crippen LogP contribution in [-0.4, -0.2) is 31.3 Å². The van der Waals surface area contributed by atoms with Gasteiger partial charge in [0.2, 0.25) is 11.8 Å². The molecular formula is C13H15ClN2O2. The van der Waals surface area contributed by atoms with Gasteiger partial charge in [0.15, 0.2) is 0 Å². The highest BCUT2D eigenvalue weighted by molar-refractivity contribution is 6.27. The van der Waals surface area contributed by atoms with Crippen LogP contribution in [0.1, 0.15) is 11.1 Å². The first-order chi connectivity index (χ1) is 8.61. The van der Waals surface area contributed by atoms with Gasteiger partial charge in [0.25, 0.3) is 0 Å². The molecule has 4 nitrogen and oxygen atoms in total. The fourth-order valence-corrected chi connectivity index (χ4v) is 2.17. The number of likely N-dealkylation sites (N-methyl/N-ethyl adjacent to an activating group) is 1. The standard InChI is InChI=1S/C13H15ClN2O2/c1-16-11-3-2-9(4-5-15-12(17)8-14)6-10(11)7-13(16)18/h2-3,6H,4-5,7-8H2,1H3,(H,15,17). The van der Waals surface area contributed by atoms with Crippen molar-refractivity contribution < 1.29 is 9.59 Å². The zero-order chi connectivity index (χ0) is 13.1. The van der Waals surface area contributed by atoms with Crippen molar-refractivity contribution in [3.05, 3.63) is 29.3 Å². The number of alkyl halides is 1. The summed E-state index contributed by atoms with van der Waals surface area (Å²) in [6.07, 6.45) is 1.21. The third kappa shape index (κ3) is 2.64. The van der Waals surface area contributed by atoms with Crippen LogP contribution in [0.15, 0.2) is 18.2 Å². The fraction of sp³-hybridized carbons (Fsp3) is 0.385. The Bertz CT molecular complexity index is 488. The molecule has 0 radical (unpaired) electrons. The second-order valence-corrected chi connectivity index (χ2v) is 4.59. The van der Waals surface area contributed by atoms with Gasteiger partial charge in [0.1, 0.15) is 5.88 Å². The van der Waals surface area contributed by atoms with Crippen LogP contribution in [0.5, 0.6) is 0 Å². The second kappa shape index (κ2) is 5.40. The minimum absolute atomic E-state index is 0.0104. The number of hydrogen-bond donors (Lipinski definition) is 1. The summed E-state index contributed by atoms with van der Waals surface area (Å²) in [5, 5.41) is 2.72. The van der Waals surface area contributed by atoms with Gasteiger partial charge in [-0.3, -0.25) is 9.59 Å². The molecule has 0 bridgehead atoms. The zero-order valence-corrected chi connectivity index (χ0v) is 11.0. The molecule has 1 aliphatic heterocycles. The number of anilines is 1. The number of amides is 2. The van der Waals surface area contributed by atoms with Crippen molar-refractivity contribution in [1.29, 1.82) is 0 Å². The van der Waals surface area contributed by atoms with Gasteiger partial charge in [-0.15, -0.1) is 11.6 Å². The summed E-state index contributed by atoms with van der Waals surface area (Å²) in [6.45, 7) is 0.564.